The molecule has 0 aromatic carbocycles. The van der Waals surface area contributed by atoms with Crippen LogP contribution in [0.1, 0.15) is 78.5 Å². The first-order valence-corrected chi connectivity index (χ1v) is 11.8. The Balaban J connectivity index is 1.87. The van der Waals surface area contributed by atoms with E-state index in [0.29, 0.717) is 12.1 Å². The van der Waals surface area contributed by atoms with Gasteiger partial charge in [-0.05, 0) is 52.2 Å². The standard InChI is InChI=1S/C22H43N7/c1-5-21-27-24-18-29(21)17-15-23-22(26-20-13-9-8-10-14-20)25-19(4)12-11-16-28(6-2)7-3/h18-20H,5-17H2,1-4H3,(H2,23,25,26). The minimum atomic E-state index is 0.418. The Morgan fingerprint density at radius 2 is 2.00 bits per heavy atom. The number of nitrogens with zero attached hydrogens (tertiary/aromatic N) is 5. The van der Waals surface area contributed by atoms with Gasteiger partial charge in [0.25, 0.3) is 0 Å². The summed E-state index contributed by atoms with van der Waals surface area (Å²) in [6.45, 7) is 13.9. The molecule has 7 heteroatoms. The van der Waals surface area contributed by atoms with Gasteiger partial charge in [-0.1, -0.05) is 40.0 Å². The number of rotatable bonds is 12. The Labute approximate surface area is 177 Å². The van der Waals surface area contributed by atoms with Crippen LogP contribution >= 0.6 is 0 Å². The second-order valence-corrected chi connectivity index (χ2v) is 8.22. The summed E-state index contributed by atoms with van der Waals surface area (Å²) in [6, 6.07) is 0.973. The zero-order valence-corrected chi connectivity index (χ0v) is 19.2. The lowest BCUT2D eigenvalue weighted by atomic mass is 9.96. The molecule has 1 fully saturated rings. The summed E-state index contributed by atoms with van der Waals surface area (Å²) < 4.78 is 2.11. The summed E-state index contributed by atoms with van der Waals surface area (Å²) in [4.78, 5) is 7.38. The number of guanidine groups is 1. The maximum Gasteiger partial charge on any atom is 0.191 e. The van der Waals surface area contributed by atoms with Gasteiger partial charge in [-0.3, -0.25) is 4.99 Å². The van der Waals surface area contributed by atoms with Gasteiger partial charge in [-0.15, -0.1) is 10.2 Å². The third-order valence-electron chi connectivity index (χ3n) is 5.96. The number of nitrogens with one attached hydrogen (secondary N) is 2. The molecule has 1 aliphatic carbocycles. The van der Waals surface area contributed by atoms with Gasteiger partial charge in [0.2, 0.25) is 0 Å². The molecule has 0 saturated heterocycles. The van der Waals surface area contributed by atoms with Crippen molar-refractivity contribution in [3.63, 3.8) is 0 Å². The molecule has 1 aromatic heterocycles. The fourth-order valence-corrected chi connectivity index (χ4v) is 4.05. The van der Waals surface area contributed by atoms with Gasteiger partial charge in [0.1, 0.15) is 12.2 Å². The van der Waals surface area contributed by atoms with Crippen molar-refractivity contribution in [2.24, 2.45) is 4.99 Å². The monoisotopic (exact) mass is 405 g/mol. The van der Waals surface area contributed by atoms with E-state index in [2.05, 4.69) is 58.0 Å². The average molecular weight is 406 g/mol. The molecule has 2 rings (SSSR count). The topological polar surface area (TPSA) is 70.4 Å². The van der Waals surface area contributed by atoms with Gasteiger partial charge in [0.05, 0.1) is 6.54 Å². The first kappa shape index (κ1) is 23.6. The van der Waals surface area contributed by atoms with Crippen LogP contribution in [0.15, 0.2) is 11.3 Å². The SMILES string of the molecule is CCc1nncn1CCN=C(NC(C)CCCN(CC)CC)NC1CCCCC1. The molecule has 29 heavy (non-hydrogen) atoms. The highest BCUT2D eigenvalue weighted by molar-refractivity contribution is 5.80. The van der Waals surface area contributed by atoms with E-state index in [-0.39, 0.29) is 0 Å². The third-order valence-corrected chi connectivity index (χ3v) is 5.96. The summed E-state index contributed by atoms with van der Waals surface area (Å²) in [5.41, 5.74) is 0. The summed E-state index contributed by atoms with van der Waals surface area (Å²) in [6.07, 6.45) is 11.6. The van der Waals surface area contributed by atoms with Crippen LogP contribution in [-0.2, 0) is 13.0 Å². The van der Waals surface area contributed by atoms with Crippen molar-refractivity contribution < 1.29 is 0 Å². The Morgan fingerprint density at radius 1 is 1.24 bits per heavy atom. The van der Waals surface area contributed by atoms with Crippen molar-refractivity contribution in [1.29, 1.82) is 0 Å². The number of hydrogen-bond donors (Lipinski definition) is 2. The van der Waals surface area contributed by atoms with Gasteiger partial charge in [0.15, 0.2) is 5.96 Å². The maximum atomic E-state index is 4.89. The van der Waals surface area contributed by atoms with Crippen LogP contribution < -0.4 is 10.6 Å². The number of aryl methyl sites for hydroxylation is 1. The molecule has 0 spiro atoms. The third kappa shape index (κ3) is 8.72. The van der Waals surface area contributed by atoms with Crippen LogP contribution in [0.5, 0.6) is 0 Å². The fraction of sp³-hybridized carbons (Fsp3) is 0.864. The zero-order valence-electron chi connectivity index (χ0n) is 19.2. The minimum absolute atomic E-state index is 0.418. The van der Waals surface area contributed by atoms with E-state index in [1.807, 2.05) is 6.33 Å². The molecule has 1 aliphatic rings. The Bertz CT molecular complexity index is 573. The maximum absolute atomic E-state index is 4.89. The lowest BCUT2D eigenvalue weighted by Crippen LogP contribution is -2.47. The smallest absolute Gasteiger partial charge is 0.191 e. The zero-order chi connectivity index (χ0) is 20.9. The van der Waals surface area contributed by atoms with Crippen LogP contribution in [0, 0.1) is 0 Å². The van der Waals surface area contributed by atoms with Gasteiger partial charge in [-0.25, -0.2) is 0 Å². The Morgan fingerprint density at radius 3 is 2.69 bits per heavy atom. The van der Waals surface area contributed by atoms with Gasteiger partial charge >= 0.3 is 0 Å². The average Bonchev–Trinajstić information content (AvgIpc) is 3.19. The van der Waals surface area contributed by atoms with Crippen LogP contribution in [0.3, 0.4) is 0 Å². The quantitative estimate of drug-likeness (QED) is 0.413. The predicted octanol–water partition coefficient (Wildman–Crippen LogP) is 3.22. The van der Waals surface area contributed by atoms with E-state index < -0.39 is 0 Å². The van der Waals surface area contributed by atoms with Crippen LogP contribution in [0.2, 0.25) is 0 Å². The van der Waals surface area contributed by atoms with Crippen molar-refractivity contribution in [3.05, 3.63) is 12.2 Å². The molecule has 166 valence electrons. The van der Waals surface area contributed by atoms with E-state index in [4.69, 9.17) is 4.99 Å². The molecule has 0 radical (unpaired) electrons. The van der Waals surface area contributed by atoms with Crippen molar-refractivity contribution >= 4 is 5.96 Å². The molecule has 1 saturated carbocycles. The van der Waals surface area contributed by atoms with E-state index in [0.717, 1.165) is 50.8 Å². The molecule has 1 aromatic rings. The Kier molecular flexibility index (Phi) is 11.1. The fourth-order valence-electron chi connectivity index (χ4n) is 4.05. The molecule has 0 bridgehead atoms. The largest absolute Gasteiger partial charge is 0.354 e. The van der Waals surface area contributed by atoms with E-state index in [9.17, 15) is 0 Å². The van der Waals surface area contributed by atoms with E-state index >= 15 is 0 Å². The van der Waals surface area contributed by atoms with Crippen LogP contribution in [-0.4, -0.2) is 63.9 Å². The molecule has 1 atom stereocenters. The highest BCUT2D eigenvalue weighted by Crippen LogP contribution is 2.17. The minimum Gasteiger partial charge on any atom is -0.354 e. The summed E-state index contributed by atoms with van der Waals surface area (Å²) in [7, 11) is 0. The molecule has 0 amide bonds. The number of aromatic nitrogens is 3. The first-order chi connectivity index (χ1) is 14.2. The molecular formula is C22H43N7. The van der Waals surface area contributed by atoms with E-state index in [1.54, 1.807) is 0 Å². The predicted molar refractivity (Wildman–Crippen MR) is 121 cm³/mol. The molecule has 7 nitrogen and oxygen atoms in total. The highest BCUT2D eigenvalue weighted by atomic mass is 15.3. The summed E-state index contributed by atoms with van der Waals surface area (Å²) in [5, 5.41) is 15.6. The second kappa shape index (κ2) is 13.6. The lowest BCUT2D eigenvalue weighted by molar-refractivity contribution is 0.292. The highest BCUT2D eigenvalue weighted by Gasteiger charge is 2.16. The summed E-state index contributed by atoms with van der Waals surface area (Å²) in [5.74, 6) is 2.00. The molecular weight excluding hydrogens is 362 g/mol. The normalized spacial score (nSPS) is 16.9. The van der Waals surface area contributed by atoms with Crippen molar-refractivity contribution in [3.8, 4) is 0 Å². The first-order valence-electron chi connectivity index (χ1n) is 11.8. The van der Waals surface area contributed by atoms with Crippen LogP contribution in [0.25, 0.3) is 0 Å². The van der Waals surface area contributed by atoms with E-state index in [1.165, 1.54) is 45.1 Å². The second-order valence-electron chi connectivity index (χ2n) is 8.22. The van der Waals surface area contributed by atoms with Crippen LogP contribution in [0.4, 0.5) is 0 Å². The van der Waals surface area contributed by atoms with Crippen molar-refractivity contribution in [2.75, 3.05) is 26.2 Å². The van der Waals surface area contributed by atoms with Gasteiger partial charge in [0, 0.05) is 25.0 Å². The Hall–Kier alpha value is -1.63. The van der Waals surface area contributed by atoms with Gasteiger partial charge in [-0.2, -0.15) is 0 Å². The van der Waals surface area contributed by atoms with Gasteiger partial charge < -0.3 is 20.1 Å². The van der Waals surface area contributed by atoms with Crippen molar-refractivity contribution in [1.82, 2.24) is 30.3 Å². The summed E-state index contributed by atoms with van der Waals surface area (Å²) >= 11 is 0. The molecule has 2 N–H and O–H groups in total. The molecule has 1 unspecified atom stereocenters. The van der Waals surface area contributed by atoms with Crippen molar-refractivity contribution in [2.45, 2.75) is 97.7 Å². The lowest BCUT2D eigenvalue weighted by Gasteiger charge is -2.27. The number of hydrogen-bond acceptors (Lipinski definition) is 4. The number of aliphatic imine (C=N–C) groups is 1. The molecule has 1 heterocycles. The molecule has 0 aliphatic heterocycles.